The van der Waals surface area contributed by atoms with Crippen LogP contribution in [0.1, 0.15) is 25.3 Å². The molecule has 4 heterocycles. The molecule has 0 bridgehead atoms. The van der Waals surface area contributed by atoms with Crippen molar-refractivity contribution in [2.45, 2.75) is 36.9 Å². The second-order valence-corrected chi connectivity index (χ2v) is 11.6. The van der Waals surface area contributed by atoms with Crippen molar-refractivity contribution in [3.63, 3.8) is 0 Å². The standard InChI is InChI=1S/C26H32F3N5O5S/c1-3-39-22-15-23(32-25-24(22)19(16-30-25)26(27,28)29)31-20-5-4-18(14-21(20)37-2)40(35,36)34-8-6-17(7-9-34)33-10-12-38-13-11-33/h4-5,14-17H,3,6-13H2,1-2H3,(H2,30,31,32). The van der Waals surface area contributed by atoms with Crippen molar-refractivity contribution in [2.75, 3.05) is 58.4 Å². The first-order valence-corrected chi connectivity index (χ1v) is 14.5. The number of pyridine rings is 1. The van der Waals surface area contributed by atoms with Gasteiger partial charge in [-0.2, -0.15) is 17.5 Å². The lowest BCUT2D eigenvalue weighted by Crippen LogP contribution is -2.50. The number of hydrogen-bond acceptors (Lipinski definition) is 8. The predicted molar refractivity (Wildman–Crippen MR) is 143 cm³/mol. The summed E-state index contributed by atoms with van der Waals surface area (Å²) in [5.41, 5.74) is -0.477. The van der Waals surface area contributed by atoms with E-state index in [0.29, 0.717) is 38.0 Å². The van der Waals surface area contributed by atoms with E-state index < -0.39 is 21.8 Å². The lowest BCUT2D eigenvalue weighted by molar-refractivity contribution is -0.136. The normalized spacial score (nSPS) is 18.2. The third kappa shape index (κ3) is 5.71. The average Bonchev–Trinajstić information content (AvgIpc) is 3.39. The SMILES string of the molecule is CCOc1cc(Nc2ccc(S(=O)(=O)N3CCC(N4CCOCC4)CC3)cc2OC)nc2[nH]cc(C(F)(F)F)c12. The highest BCUT2D eigenvalue weighted by Crippen LogP contribution is 2.40. The quantitative estimate of drug-likeness (QED) is 0.406. The van der Waals surface area contributed by atoms with Gasteiger partial charge in [0.1, 0.15) is 23.0 Å². The van der Waals surface area contributed by atoms with E-state index in [0.717, 1.165) is 32.1 Å². The van der Waals surface area contributed by atoms with Gasteiger partial charge < -0.3 is 24.5 Å². The number of sulfonamides is 1. The number of ether oxygens (including phenoxy) is 3. The number of aromatic nitrogens is 2. The minimum absolute atomic E-state index is 0.000536. The number of hydrogen-bond donors (Lipinski definition) is 2. The Morgan fingerprint density at radius 3 is 2.50 bits per heavy atom. The molecule has 2 aromatic heterocycles. The van der Waals surface area contributed by atoms with Crippen LogP contribution in [0, 0.1) is 0 Å². The van der Waals surface area contributed by atoms with Gasteiger partial charge in [0.05, 0.1) is 48.5 Å². The van der Waals surface area contributed by atoms with Crippen molar-refractivity contribution in [3.8, 4) is 11.5 Å². The van der Waals surface area contributed by atoms with Crippen LogP contribution in [-0.2, 0) is 20.9 Å². The highest BCUT2D eigenvalue weighted by Gasteiger charge is 2.36. The maximum absolute atomic E-state index is 13.5. The summed E-state index contributed by atoms with van der Waals surface area (Å²) in [6.45, 7) is 5.81. The highest BCUT2D eigenvalue weighted by atomic mass is 32.2. The number of halogens is 3. The Hall–Kier alpha value is -3.07. The summed E-state index contributed by atoms with van der Waals surface area (Å²) in [6, 6.07) is 6.18. The Kier molecular flexibility index (Phi) is 8.13. The Balaban J connectivity index is 1.36. The third-order valence-electron chi connectivity index (χ3n) is 7.27. The number of nitrogens with one attached hydrogen (secondary N) is 2. The molecule has 2 saturated heterocycles. The summed E-state index contributed by atoms with van der Waals surface area (Å²) in [6.07, 6.45) is -2.22. The maximum atomic E-state index is 13.5. The van der Waals surface area contributed by atoms with Crippen molar-refractivity contribution in [2.24, 2.45) is 0 Å². The molecule has 5 rings (SSSR count). The molecule has 2 N–H and O–H groups in total. The number of aromatic amines is 1. The second-order valence-electron chi connectivity index (χ2n) is 9.63. The zero-order valence-electron chi connectivity index (χ0n) is 22.3. The average molecular weight is 584 g/mol. The summed E-state index contributed by atoms with van der Waals surface area (Å²) in [7, 11) is -2.35. The van der Waals surface area contributed by atoms with E-state index in [1.54, 1.807) is 13.0 Å². The Labute approximate surface area is 230 Å². The fourth-order valence-corrected chi connectivity index (χ4v) is 6.75. The molecular formula is C26H32F3N5O5S. The molecule has 3 aromatic rings. The molecule has 2 fully saturated rings. The van der Waals surface area contributed by atoms with Crippen LogP contribution in [0.2, 0.25) is 0 Å². The van der Waals surface area contributed by atoms with Crippen LogP contribution in [0.4, 0.5) is 24.7 Å². The van der Waals surface area contributed by atoms with Gasteiger partial charge in [-0.3, -0.25) is 4.90 Å². The van der Waals surface area contributed by atoms with Crippen LogP contribution in [0.3, 0.4) is 0 Å². The minimum Gasteiger partial charge on any atom is -0.495 e. The van der Waals surface area contributed by atoms with Crippen LogP contribution in [0.15, 0.2) is 35.4 Å². The summed E-state index contributed by atoms with van der Waals surface area (Å²) >= 11 is 0. The molecule has 0 atom stereocenters. The Morgan fingerprint density at radius 2 is 1.85 bits per heavy atom. The fourth-order valence-electron chi connectivity index (χ4n) is 5.27. The van der Waals surface area contributed by atoms with Gasteiger partial charge in [0.25, 0.3) is 0 Å². The molecule has 1 aromatic carbocycles. The molecule has 0 unspecified atom stereocenters. The van der Waals surface area contributed by atoms with Crippen molar-refractivity contribution >= 4 is 32.6 Å². The molecule has 0 radical (unpaired) electrons. The van der Waals surface area contributed by atoms with E-state index in [9.17, 15) is 21.6 Å². The molecule has 0 spiro atoms. The van der Waals surface area contributed by atoms with Crippen molar-refractivity contribution in [3.05, 3.63) is 36.0 Å². The van der Waals surface area contributed by atoms with E-state index in [2.05, 4.69) is 20.2 Å². The van der Waals surface area contributed by atoms with Gasteiger partial charge in [0, 0.05) is 50.6 Å². The van der Waals surface area contributed by atoms with Crippen LogP contribution in [0.25, 0.3) is 11.0 Å². The van der Waals surface area contributed by atoms with Gasteiger partial charge in [-0.15, -0.1) is 0 Å². The molecule has 2 aliphatic heterocycles. The van der Waals surface area contributed by atoms with Gasteiger partial charge in [-0.1, -0.05) is 0 Å². The highest BCUT2D eigenvalue weighted by molar-refractivity contribution is 7.89. The molecule has 0 amide bonds. The fraction of sp³-hybridized carbons (Fsp3) is 0.500. The van der Waals surface area contributed by atoms with Gasteiger partial charge in [-0.25, -0.2) is 13.4 Å². The van der Waals surface area contributed by atoms with Gasteiger partial charge in [-0.05, 0) is 31.9 Å². The summed E-state index contributed by atoms with van der Waals surface area (Å²) < 4.78 is 85.3. The zero-order valence-corrected chi connectivity index (χ0v) is 23.1. The molecule has 10 nitrogen and oxygen atoms in total. The molecule has 0 saturated carbocycles. The number of benzene rings is 1. The van der Waals surface area contributed by atoms with Crippen LogP contribution in [-0.4, -0.2) is 86.7 Å². The van der Waals surface area contributed by atoms with Crippen molar-refractivity contribution in [1.29, 1.82) is 0 Å². The van der Waals surface area contributed by atoms with E-state index in [-0.39, 0.29) is 39.9 Å². The zero-order chi connectivity index (χ0) is 28.5. The lowest BCUT2D eigenvalue weighted by atomic mass is 10.0. The molecule has 14 heteroatoms. The summed E-state index contributed by atoms with van der Waals surface area (Å²) in [5.74, 6) is 0.458. The van der Waals surface area contributed by atoms with E-state index in [4.69, 9.17) is 14.2 Å². The molecule has 40 heavy (non-hydrogen) atoms. The largest absolute Gasteiger partial charge is 0.495 e. The van der Waals surface area contributed by atoms with Gasteiger partial charge >= 0.3 is 6.18 Å². The van der Waals surface area contributed by atoms with Crippen LogP contribution in [0.5, 0.6) is 11.5 Å². The van der Waals surface area contributed by atoms with Crippen molar-refractivity contribution in [1.82, 2.24) is 19.2 Å². The lowest BCUT2D eigenvalue weighted by Gasteiger charge is -2.39. The first kappa shape index (κ1) is 28.5. The molecule has 2 aliphatic rings. The van der Waals surface area contributed by atoms with Crippen LogP contribution < -0.4 is 14.8 Å². The third-order valence-corrected chi connectivity index (χ3v) is 9.16. The van der Waals surface area contributed by atoms with Gasteiger partial charge in [0.15, 0.2) is 0 Å². The summed E-state index contributed by atoms with van der Waals surface area (Å²) in [5, 5.41) is 2.86. The van der Waals surface area contributed by atoms with E-state index >= 15 is 0 Å². The summed E-state index contributed by atoms with van der Waals surface area (Å²) in [4.78, 5) is 9.30. The predicted octanol–water partition coefficient (Wildman–Crippen LogP) is 4.22. The molecule has 0 aliphatic carbocycles. The minimum atomic E-state index is -4.58. The maximum Gasteiger partial charge on any atom is 0.418 e. The number of nitrogens with zero attached hydrogens (tertiary/aromatic N) is 3. The number of piperidine rings is 1. The second kappa shape index (κ2) is 11.4. The monoisotopic (exact) mass is 583 g/mol. The molecule has 218 valence electrons. The number of morpholine rings is 1. The van der Waals surface area contributed by atoms with Crippen LogP contribution >= 0.6 is 0 Å². The number of methoxy groups -OCH3 is 1. The molecular weight excluding hydrogens is 551 g/mol. The Bertz CT molecular complexity index is 1450. The number of H-pyrrole nitrogens is 1. The smallest absolute Gasteiger partial charge is 0.418 e. The first-order valence-electron chi connectivity index (χ1n) is 13.1. The first-order chi connectivity index (χ1) is 19.1. The number of alkyl halides is 3. The van der Waals surface area contributed by atoms with E-state index in [1.165, 1.54) is 29.6 Å². The Morgan fingerprint density at radius 1 is 1.12 bits per heavy atom. The topological polar surface area (TPSA) is 109 Å². The van der Waals surface area contributed by atoms with Crippen molar-refractivity contribution < 1.29 is 35.8 Å². The number of fused-ring (bicyclic) bond motifs is 1. The van der Waals surface area contributed by atoms with Gasteiger partial charge in [0.2, 0.25) is 10.0 Å². The number of anilines is 2. The van der Waals surface area contributed by atoms with E-state index in [1.807, 2.05) is 0 Å². The number of rotatable bonds is 8.